The van der Waals surface area contributed by atoms with Crippen molar-refractivity contribution in [3.63, 3.8) is 0 Å². The lowest BCUT2D eigenvalue weighted by Crippen LogP contribution is -2.57. The van der Waals surface area contributed by atoms with Crippen LogP contribution in [0.2, 0.25) is 0 Å². The number of piperidine rings is 1. The van der Waals surface area contributed by atoms with E-state index in [0.29, 0.717) is 24.2 Å². The molecule has 2 N–H and O–H groups in total. The van der Waals surface area contributed by atoms with Gasteiger partial charge >= 0.3 is 0 Å². The van der Waals surface area contributed by atoms with Crippen LogP contribution in [0.5, 0.6) is 0 Å². The van der Waals surface area contributed by atoms with Crippen LogP contribution in [0.15, 0.2) is 72.4 Å². The molecule has 2 aromatic carbocycles. The van der Waals surface area contributed by atoms with E-state index >= 15 is 0 Å². The van der Waals surface area contributed by atoms with Gasteiger partial charge in [0, 0.05) is 48.0 Å². The van der Waals surface area contributed by atoms with Gasteiger partial charge in [0.05, 0.1) is 0 Å². The van der Waals surface area contributed by atoms with Crippen LogP contribution in [0.3, 0.4) is 0 Å². The molecule has 0 aromatic heterocycles. The van der Waals surface area contributed by atoms with E-state index in [1.807, 2.05) is 6.08 Å². The van der Waals surface area contributed by atoms with Crippen molar-refractivity contribution < 1.29 is 9.59 Å². The molecule has 4 aliphatic rings. The average molecular weight is 511 g/mol. The molecule has 7 atom stereocenters. The van der Waals surface area contributed by atoms with Crippen LogP contribution in [0.1, 0.15) is 76.3 Å². The minimum atomic E-state index is -0.00554. The lowest BCUT2D eigenvalue weighted by molar-refractivity contribution is -0.133. The molecule has 1 aliphatic heterocycles. The highest BCUT2D eigenvalue weighted by atomic mass is 16.2. The maximum absolute atomic E-state index is 14.0. The van der Waals surface area contributed by atoms with Crippen molar-refractivity contribution in [3.8, 4) is 0 Å². The molecule has 200 valence electrons. The summed E-state index contributed by atoms with van der Waals surface area (Å²) in [6.45, 7) is 7.89. The monoisotopic (exact) mass is 510 g/mol. The van der Waals surface area contributed by atoms with E-state index in [2.05, 4.69) is 92.1 Å². The molecule has 4 heteroatoms. The Morgan fingerprint density at radius 1 is 0.921 bits per heavy atom. The predicted molar refractivity (Wildman–Crippen MR) is 151 cm³/mol. The summed E-state index contributed by atoms with van der Waals surface area (Å²) in [5, 5.41) is 7.19. The van der Waals surface area contributed by atoms with Crippen molar-refractivity contribution in [1.29, 1.82) is 0 Å². The maximum atomic E-state index is 14.0. The average Bonchev–Trinajstić information content (AvgIpc) is 3.28. The number of rotatable bonds is 5. The summed E-state index contributed by atoms with van der Waals surface area (Å²) in [4.78, 5) is 26.1. The number of nitrogens with one attached hydrogen (secondary N) is 2. The molecule has 1 amide bonds. The Hall–Kier alpha value is -2.88. The first-order chi connectivity index (χ1) is 18.3. The van der Waals surface area contributed by atoms with Crippen molar-refractivity contribution >= 4 is 11.7 Å². The largest absolute Gasteiger partial charge is 0.387 e. The van der Waals surface area contributed by atoms with E-state index in [9.17, 15) is 9.59 Å². The highest BCUT2D eigenvalue weighted by Gasteiger charge is 2.60. The number of benzene rings is 2. The van der Waals surface area contributed by atoms with Gasteiger partial charge in [-0.1, -0.05) is 74.5 Å². The molecule has 3 aliphatic carbocycles. The van der Waals surface area contributed by atoms with Gasteiger partial charge in [-0.3, -0.25) is 9.59 Å². The summed E-state index contributed by atoms with van der Waals surface area (Å²) in [6.07, 6.45) is 7.86. The van der Waals surface area contributed by atoms with E-state index < -0.39 is 0 Å². The number of amides is 1. The summed E-state index contributed by atoms with van der Waals surface area (Å²) >= 11 is 0. The summed E-state index contributed by atoms with van der Waals surface area (Å²) in [5.74, 6) is 2.39. The zero-order valence-corrected chi connectivity index (χ0v) is 23.1. The quantitative estimate of drug-likeness (QED) is 0.501. The molecule has 2 saturated carbocycles. The second kappa shape index (κ2) is 9.70. The molecule has 1 heterocycles. The van der Waals surface area contributed by atoms with Crippen molar-refractivity contribution in [2.24, 2.45) is 34.5 Å². The zero-order chi connectivity index (χ0) is 26.5. The zero-order valence-electron chi connectivity index (χ0n) is 23.1. The molecule has 2 unspecified atom stereocenters. The summed E-state index contributed by atoms with van der Waals surface area (Å²) in [6, 6.07) is 21.1. The Morgan fingerprint density at radius 2 is 1.58 bits per heavy atom. The van der Waals surface area contributed by atoms with Crippen molar-refractivity contribution in [2.45, 2.75) is 71.3 Å². The van der Waals surface area contributed by atoms with Crippen LogP contribution in [-0.4, -0.2) is 24.3 Å². The number of hydrogen-bond donors (Lipinski definition) is 2. The van der Waals surface area contributed by atoms with Crippen LogP contribution in [0.25, 0.3) is 0 Å². The van der Waals surface area contributed by atoms with Crippen molar-refractivity contribution in [2.75, 3.05) is 6.54 Å². The van der Waals surface area contributed by atoms with E-state index in [0.717, 1.165) is 38.6 Å². The molecule has 0 bridgehead atoms. The Morgan fingerprint density at radius 3 is 2.24 bits per heavy atom. The first-order valence-electron chi connectivity index (χ1n) is 14.7. The predicted octanol–water partition coefficient (Wildman–Crippen LogP) is 6.24. The number of hydrogen-bond acceptors (Lipinski definition) is 3. The third kappa shape index (κ3) is 4.12. The van der Waals surface area contributed by atoms with Crippen LogP contribution in [-0.2, 0) is 9.59 Å². The van der Waals surface area contributed by atoms with Gasteiger partial charge in [0.15, 0.2) is 5.78 Å². The lowest BCUT2D eigenvalue weighted by Gasteiger charge is -2.58. The maximum Gasteiger partial charge on any atom is 0.223 e. The number of carbonyl (C=O) groups excluding carboxylic acids is 2. The Labute approximate surface area is 227 Å². The molecule has 0 radical (unpaired) electrons. The molecule has 6 rings (SSSR count). The minimum Gasteiger partial charge on any atom is -0.387 e. The van der Waals surface area contributed by atoms with Gasteiger partial charge in [-0.05, 0) is 73.3 Å². The summed E-state index contributed by atoms with van der Waals surface area (Å²) in [7, 11) is 0. The van der Waals surface area contributed by atoms with Gasteiger partial charge in [0.25, 0.3) is 0 Å². The van der Waals surface area contributed by atoms with Crippen molar-refractivity contribution in [3.05, 3.63) is 83.6 Å². The molecule has 38 heavy (non-hydrogen) atoms. The highest BCUT2D eigenvalue weighted by molar-refractivity contribution is 5.91. The van der Waals surface area contributed by atoms with Crippen LogP contribution in [0, 0.1) is 34.5 Å². The normalized spacial score (nSPS) is 34.8. The molecule has 3 fully saturated rings. The fraction of sp³-hybridized carbons (Fsp3) is 0.529. The van der Waals surface area contributed by atoms with Gasteiger partial charge in [0.1, 0.15) is 0 Å². The topological polar surface area (TPSA) is 58.2 Å². The van der Waals surface area contributed by atoms with Gasteiger partial charge in [-0.2, -0.15) is 0 Å². The second-order valence-electron chi connectivity index (χ2n) is 13.0. The van der Waals surface area contributed by atoms with Gasteiger partial charge in [-0.25, -0.2) is 0 Å². The van der Waals surface area contributed by atoms with Crippen molar-refractivity contribution in [1.82, 2.24) is 10.6 Å². The van der Waals surface area contributed by atoms with Crippen LogP contribution < -0.4 is 10.6 Å². The third-order valence-corrected chi connectivity index (χ3v) is 11.1. The Bertz CT molecular complexity index is 1180. The van der Waals surface area contributed by atoms with E-state index in [4.69, 9.17) is 0 Å². The smallest absolute Gasteiger partial charge is 0.223 e. The fourth-order valence-electron chi connectivity index (χ4n) is 9.07. The number of carbonyl (C=O) groups is 2. The lowest BCUT2D eigenvalue weighted by atomic mass is 9.50. The molecule has 1 saturated heterocycles. The third-order valence-electron chi connectivity index (χ3n) is 11.1. The van der Waals surface area contributed by atoms with Gasteiger partial charge in [0.2, 0.25) is 5.91 Å². The van der Waals surface area contributed by atoms with E-state index in [-0.39, 0.29) is 40.4 Å². The minimum absolute atomic E-state index is 0.00554. The molecular weight excluding hydrogens is 468 g/mol. The number of allylic oxidation sites excluding steroid dienone is 2. The molecule has 4 nitrogen and oxygen atoms in total. The summed E-state index contributed by atoms with van der Waals surface area (Å²) < 4.78 is 0. The molecule has 0 spiro atoms. The van der Waals surface area contributed by atoms with Crippen LogP contribution in [0.4, 0.5) is 0 Å². The standard InChI is InChI=1S/C34H42N2O2/c1-22(31(23-10-6-4-7-11-23)24-12-8-5-9-13-24)36-32(38)29-15-14-27-26-21-35-30-20-25(37)16-18-34(30,3)28(26)17-19-33(27,29)2/h4-13,20,22,26-29,31,35H,14-19,21H2,1-3H3,(H,36,38)/t22?,26-,27-,28+,29?,33-,34+/m0/s1. The first-order valence-corrected chi connectivity index (χ1v) is 14.7. The SMILES string of the molecule is CC(NC(=O)C1CC[C@H]2[C@@H]3CNC4=CC(=O)CC[C@]4(C)[C@@H]3CC[C@]12C)C(c1ccccc1)c1ccccc1. The first kappa shape index (κ1) is 25.4. The fourth-order valence-corrected chi connectivity index (χ4v) is 9.07. The van der Waals surface area contributed by atoms with Gasteiger partial charge in [-0.15, -0.1) is 0 Å². The number of fused-ring (bicyclic) bond motifs is 5. The number of ketones is 1. The summed E-state index contributed by atoms with van der Waals surface area (Å²) in [5.41, 5.74) is 3.75. The van der Waals surface area contributed by atoms with E-state index in [1.165, 1.54) is 16.8 Å². The molecule has 2 aromatic rings. The van der Waals surface area contributed by atoms with Crippen LogP contribution >= 0.6 is 0 Å². The Kier molecular flexibility index (Phi) is 6.48. The highest BCUT2D eigenvalue weighted by Crippen LogP contribution is 2.64. The second-order valence-corrected chi connectivity index (χ2v) is 13.0. The van der Waals surface area contributed by atoms with E-state index in [1.54, 1.807) is 0 Å². The Balaban J connectivity index is 1.21. The molecular formula is C34H42N2O2. The van der Waals surface area contributed by atoms with Gasteiger partial charge < -0.3 is 10.6 Å².